The van der Waals surface area contributed by atoms with Crippen molar-refractivity contribution in [3.05, 3.63) is 111 Å². The lowest BCUT2D eigenvalue weighted by molar-refractivity contribution is 0.218. The van der Waals surface area contributed by atoms with Crippen LogP contribution < -0.4 is 0 Å². The van der Waals surface area contributed by atoms with Crippen molar-refractivity contribution in [1.82, 2.24) is 0 Å². The van der Waals surface area contributed by atoms with Crippen LogP contribution >= 0.6 is 11.8 Å². The van der Waals surface area contributed by atoms with Gasteiger partial charge in [-0.2, -0.15) is 0 Å². The first-order valence-electron chi connectivity index (χ1n) is 21.6. The Hall–Kier alpha value is -3.99. The monoisotopic (exact) mass is 799 g/mol. The van der Waals surface area contributed by atoms with Gasteiger partial charge in [-0.25, -0.2) is 0 Å². The molecule has 0 fully saturated rings. The van der Waals surface area contributed by atoms with Gasteiger partial charge in [0.25, 0.3) is 0 Å². The van der Waals surface area contributed by atoms with Crippen LogP contribution in [0.1, 0.15) is 169 Å². The molecule has 4 heteroatoms. The summed E-state index contributed by atoms with van der Waals surface area (Å²) >= 11 is 1.72. The Kier molecular flexibility index (Phi) is 14.4. The van der Waals surface area contributed by atoms with Gasteiger partial charge < -0.3 is 14.9 Å². The van der Waals surface area contributed by atoms with E-state index < -0.39 is 0 Å². The number of methoxy groups -OCH3 is 1. The third kappa shape index (κ3) is 9.24. The highest BCUT2D eigenvalue weighted by molar-refractivity contribution is 7.99. The fraction of sp³-hybridized carbons (Fsp3) is 0.444. The molecule has 0 aliphatic rings. The molecule has 310 valence electrons. The van der Waals surface area contributed by atoms with E-state index in [1.807, 2.05) is 0 Å². The quantitative estimate of drug-likeness (QED) is 0.0868. The van der Waals surface area contributed by atoms with Gasteiger partial charge in [0, 0.05) is 40.0 Å². The van der Waals surface area contributed by atoms with Gasteiger partial charge in [-0.05, 0) is 153 Å². The number of hydrogen-bond acceptors (Lipinski definition) is 4. The first-order chi connectivity index (χ1) is 27.3. The standard InChI is InChI=1S/C54H70O3S/c1-29(2)38-25-40(31(5)6)50(41(26-38)32(7)8)48-23-35(13)19-44(52(48)55)46-21-37(15)22-47(54(46)58-18-17-57-16)45-20-36(14)24-49(53(45)56)51-42(33(9)10)27-39(30(3)4)28-43(51)34(11)12/h19-34,55-56H,17-18H2,1-16H3. The van der Waals surface area contributed by atoms with Gasteiger partial charge in [0.2, 0.25) is 0 Å². The van der Waals surface area contributed by atoms with Crippen molar-refractivity contribution >= 4 is 11.8 Å². The molecule has 0 amide bonds. The Labute approximate surface area is 355 Å². The molecule has 0 saturated carbocycles. The molecule has 0 aliphatic carbocycles. The number of rotatable bonds is 14. The second-order valence-corrected chi connectivity index (χ2v) is 19.6. The van der Waals surface area contributed by atoms with Crippen molar-refractivity contribution in [2.45, 2.75) is 144 Å². The molecule has 0 aliphatic heterocycles. The third-order valence-electron chi connectivity index (χ3n) is 11.7. The zero-order valence-corrected chi connectivity index (χ0v) is 39.2. The number of aryl methyl sites for hydroxylation is 3. The SMILES string of the molecule is COCCSc1c(-c2cc(C)cc(-c3c(C(C)C)cc(C(C)C)cc3C(C)C)c2O)cc(C)cc1-c1cc(C)cc(-c2c(C(C)C)cc(C(C)C)cc2C(C)C)c1O. The molecular formula is C54H70O3S. The van der Waals surface area contributed by atoms with Crippen LogP contribution in [0.15, 0.2) is 65.6 Å². The largest absolute Gasteiger partial charge is 0.507 e. The molecule has 0 heterocycles. The number of phenols is 2. The van der Waals surface area contributed by atoms with Gasteiger partial charge in [0.15, 0.2) is 0 Å². The number of aromatic hydroxyl groups is 2. The molecule has 0 saturated heterocycles. The number of benzene rings is 5. The van der Waals surface area contributed by atoms with E-state index in [2.05, 4.69) is 165 Å². The minimum atomic E-state index is 0.271. The highest BCUT2D eigenvalue weighted by atomic mass is 32.2. The lowest BCUT2D eigenvalue weighted by Gasteiger charge is -2.26. The van der Waals surface area contributed by atoms with E-state index in [1.165, 1.54) is 33.4 Å². The predicted molar refractivity (Wildman–Crippen MR) is 253 cm³/mol. The molecule has 0 spiro atoms. The van der Waals surface area contributed by atoms with Crippen molar-refractivity contribution in [3.63, 3.8) is 0 Å². The molecule has 5 rings (SSSR count). The van der Waals surface area contributed by atoms with Crippen LogP contribution in [-0.4, -0.2) is 29.7 Å². The van der Waals surface area contributed by atoms with Gasteiger partial charge in [-0.1, -0.05) is 119 Å². The molecule has 58 heavy (non-hydrogen) atoms. The van der Waals surface area contributed by atoms with Crippen LogP contribution in [0.4, 0.5) is 0 Å². The van der Waals surface area contributed by atoms with Crippen LogP contribution in [-0.2, 0) is 4.74 Å². The molecule has 5 aromatic rings. The topological polar surface area (TPSA) is 49.7 Å². The zero-order chi connectivity index (χ0) is 42.9. The van der Waals surface area contributed by atoms with Gasteiger partial charge in [-0.15, -0.1) is 11.8 Å². The molecule has 0 radical (unpaired) electrons. The second-order valence-electron chi connectivity index (χ2n) is 18.5. The average molecular weight is 799 g/mol. The molecule has 0 aromatic heterocycles. The summed E-state index contributed by atoms with van der Waals surface area (Å²) in [5.41, 5.74) is 18.5. The summed E-state index contributed by atoms with van der Waals surface area (Å²) in [5.74, 6) is 3.18. The summed E-state index contributed by atoms with van der Waals surface area (Å²) in [6.07, 6.45) is 0. The Balaban J connectivity index is 1.88. The Bertz CT molecular complexity index is 2060. The predicted octanol–water partition coefficient (Wildman–Crippen LogP) is 16.2. The summed E-state index contributed by atoms with van der Waals surface area (Å²) in [4.78, 5) is 1.02. The van der Waals surface area contributed by atoms with Crippen molar-refractivity contribution in [1.29, 1.82) is 0 Å². The summed E-state index contributed by atoms with van der Waals surface area (Å²) in [6, 6.07) is 22.4. The molecule has 3 nitrogen and oxygen atoms in total. The molecule has 0 unspecified atom stereocenters. The minimum absolute atomic E-state index is 0.271. The molecular weight excluding hydrogens is 729 g/mol. The van der Waals surface area contributed by atoms with E-state index in [0.29, 0.717) is 29.9 Å². The first-order valence-corrected chi connectivity index (χ1v) is 22.6. The van der Waals surface area contributed by atoms with Crippen molar-refractivity contribution in [2.75, 3.05) is 19.5 Å². The fourth-order valence-electron chi connectivity index (χ4n) is 8.44. The van der Waals surface area contributed by atoms with Crippen LogP contribution in [0.25, 0.3) is 44.5 Å². The Morgan fingerprint density at radius 1 is 0.431 bits per heavy atom. The summed E-state index contributed by atoms with van der Waals surface area (Å²) in [5, 5.41) is 25.4. The first kappa shape index (κ1) is 45.1. The molecule has 0 atom stereocenters. The van der Waals surface area contributed by atoms with E-state index in [4.69, 9.17) is 4.74 Å². The van der Waals surface area contributed by atoms with Crippen LogP contribution in [0.2, 0.25) is 0 Å². The number of phenolic OH excluding ortho intramolecular Hbond substituents is 2. The number of thioether (sulfide) groups is 1. The summed E-state index contributed by atoms with van der Waals surface area (Å²) < 4.78 is 5.59. The summed E-state index contributed by atoms with van der Waals surface area (Å²) in [7, 11) is 1.74. The van der Waals surface area contributed by atoms with E-state index in [9.17, 15) is 10.2 Å². The Morgan fingerprint density at radius 2 is 0.724 bits per heavy atom. The van der Waals surface area contributed by atoms with E-state index in [0.717, 1.165) is 71.8 Å². The van der Waals surface area contributed by atoms with Crippen LogP contribution in [0.3, 0.4) is 0 Å². The highest BCUT2D eigenvalue weighted by Gasteiger charge is 2.27. The van der Waals surface area contributed by atoms with Gasteiger partial charge in [-0.3, -0.25) is 0 Å². The van der Waals surface area contributed by atoms with Gasteiger partial charge >= 0.3 is 0 Å². The maximum Gasteiger partial charge on any atom is 0.131 e. The van der Waals surface area contributed by atoms with Crippen molar-refractivity contribution in [3.8, 4) is 56.0 Å². The lowest BCUT2D eigenvalue weighted by atomic mass is 9.80. The van der Waals surface area contributed by atoms with E-state index in [-0.39, 0.29) is 23.7 Å². The molecule has 2 N–H and O–H groups in total. The van der Waals surface area contributed by atoms with Gasteiger partial charge in [0.05, 0.1) is 6.61 Å². The van der Waals surface area contributed by atoms with E-state index >= 15 is 0 Å². The number of hydrogen-bond donors (Lipinski definition) is 2. The summed E-state index contributed by atoms with van der Waals surface area (Å²) in [6.45, 7) is 34.1. The van der Waals surface area contributed by atoms with E-state index in [1.54, 1.807) is 18.9 Å². The maximum atomic E-state index is 12.7. The third-order valence-corrected chi connectivity index (χ3v) is 12.8. The second kappa shape index (κ2) is 18.5. The smallest absolute Gasteiger partial charge is 0.131 e. The number of ether oxygens (including phenoxy) is 1. The molecule has 0 bridgehead atoms. The van der Waals surface area contributed by atoms with Crippen LogP contribution in [0.5, 0.6) is 11.5 Å². The van der Waals surface area contributed by atoms with Crippen molar-refractivity contribution < 1.29 is 14.9 Å². The Morgan fingerprint density at radius 3 is 1.00 bits per heavy atom. The van der Waals surface area contributed by atoms with Crippen LogP contribution in [0, 0.1) is 20.8 Å². The fourth-order valence-corrected chi connectivity index (χ4v) is 9.54. The average Bonchev–Trinajstić information content (AvgIpc) is 3.15. The minimum Gasteiger partial charge on any atom is -0.507 e. The lowest BCUT2D eigenvalue weighted by Crippen LogP contribution is -2.05. The molecule has 5 aromatic carbocycles. The maximum absolute atomic E-state index is 12.7. The highest BCUT2D eigenvalue weighted by Crippen LogP contribution is 2.52. The normalized spacial score (nSPS) is 12.1. The zero-order valence-electron chi connectivity index (χ0n) is 38.4. The van der Waals surface area contributed by atoms with Gasteiger partial charge in [0.1, 0.15) is 11.5 Å². The van der Waals surface area contributed by atoms with Crippen molar-refractivity contribution in [2.24, 2.45) is 0 Å².